The van der Waals surface area contributed by atoms with E-state index in [1.54, 1.807) is 14.2 Å². The van der Waals surface area contributed by atoms with Gasteiger partial charge in [-0.2, -0.15) is 0 Å². The van der Waals surface area contributed by atoms with E-state index in [4.69, 9.17) is 28.4 Å². The van der Waals surface area contributed by atoms with Gasteiger partial charge in [0.15, 0.2) is 12.5 Å². The average molecular weight is 631 g/mol. The average Bonchev–Trinajstić information content (AvgIpc) is 3.40. The second-order valence-corrected chi connectivity index (χ2v) is 11.3. The third-order valence-corrected chi connectivity index (χ3v) is 8.52. The number of ether oxygens (including phenoxy) is 6. The summed E-state index contributed by atoms with van der Waals surface area (Å²) in [7, 11) is 3.22. The topological polar surface area (TPSA) is 130 Å². The van der Waals surface area contributed by atoms with Gasteiger partial charge in [0.25, 0.3) is 5.56 Å². The van der Waals surface area contributed by atoms with Gasteiger partial charge >= 0.3 is 5.69 Å². The van der Waals surface area contributed by atoms with Crippen molar-refractivity contribution in [3.63, 3.8) is 0 Å². The van der Waals surface area contributed by atoms with Crippen LogP contribution in [0.3, 0.4) is 0 Å². The van der Waals surface area contributed by atoms with Crippen LogP contribution in [0.1, 0.15) is 42.2 Å². The maximum absolute atomic E-state index is 12.9. The molecule has 2 aliphatic heterocycles. The molecule has 5 atom stereocenters. The Balaban J connectivity index is 1.39. The lowest BCUT2D eigenvalue weighted by molar-refractivity contribution is -0.215. The van der Waals surface area contributed by atoms with Crippen molar-refractivity contribution in [2.24, 2.45) is 0 Å². The lowest BCUT2D eigenvalue weighted by atomic mass is 9.80. The molecule has 0 amide bonds. The molecule has 1 aromatic heterocycles. The van der Waals surface area contributed by atoms with Crippen molar-refractivity contribution in [2.45, 2.75) is 55.7 Å². The molecule has 0 saturated carbocycles. The summed E-state index contributed by atoms with van der Waals surface area (Å²) in [5.41, 5.74) is 0.0926. The Kier molecular flexibility index (Phi) is 9.67. The van der Waals surface area contributed by atoms with Crippen LogP contribution in [0, 0.1) is 0 Å². The zero-order valence-corrected chi connectivity index (χ0v) is 25.7. The number of nitrogens with zero attached hydrogens (tertiary/aromatic N) is 1. The summed E-state index contributed by atoms with van der Waals surface area (Å²) in [5, 5.41) is 11.7. The lowest BCUT2D eigenvalue weighted by Gasteiger charge is -2.37. The van der Waals surface area contributed by atoms with E-state index in [9.17, 15) is 14.7 Å². The van der Waals surface area contributed by atoms with Gasteiger partial charge in [-0.15, -0.1) is 0 Å². The Morgan fingerprint density at radius 2 is 1.50 bits per heavy atom. The first-order valence-electron chi connectivity index (χ1n) is 15.3. The highest BCUT2D eigenvalue weighted by atomic mass is 16.7. The molecule has 4 aromatic rings. The second-order valence-electron chi connectivity index (χ2n) is 11.3. The summed E-state index contributed by atoms with van der Waals surface area (Å²) < 4.78 is 37.5. The highest BCUT2D eigenvalue weighted by Crippen LogP contribution is 2.43. The van der Waals surface area contributed by atoms with Crippen LogP contribution in [-0.2, 0) is 24.5 Å². The van der Waals surface area contributed by atoms with Crippen LogP contribution in [0.2, 0.25) is 0 Å². The van der Waals surface area contributed by atoms with Crippen molar-refractivity contribution < 1.29 is 33.5 Å². The fourth-order valence-electron chi connectivity index (χ4n) is 6.13. The van der Waals surface area contributed by atoms with E-state index in [1.165, 1.54) is 16.8 Å². The molecule has 3 unspecified atom stereocenters. The van der Waals surface area contributed by atoms with Gasteiger partial charge in [-0.1, -0.05) is 54.6 Å². The molecule has 3 aromatic carbocycles. The third kappa shape index (κ3) is 6.37. The van der Waals surface area contributed by atoms with Gasteiger partial charge in [-0.05, 0) is 60.2 Å². The molecule has 11 nitrogen and oxygen atoms in total. The van der Waals surface area contributed by atoms with Crippen molar-refractivity contribution in [1.29, 1.82) is 0 Å². The molecule has 2 fully saturated rings. The van der Waals surface area contributed by atoms with Crippen molar-refractivity contribution in [2.75, 3.05) is 27.4 Å². The first-order chi connectivity index (χ1) is 22.4. The fraction of sp³-hybridized carbons (Fsp3) is 0.371. The Hall–Kier alpha value is -4.26. The second kappa shape index (κ2) is 14.0. The molecule has 0 bridgehead atoms. The van der Waals surface area contributed by atoms with Crippen LogP contribution < -0.4 is 20.7 Å². The van der Waals surface area contributed by atoms with Crippen LogP contribution >= 0.6 is 0 Å². The predicted octanol–water partition coefficient (Wildman–Crippen LogP) is 3.73. The summed E-state index contributed by atoms with van der Waals surface area (Å²) in [4.78, 5) is 27.0. The minimum Gasteiger partial charge on any atom is -0.497 e. The monoisotopic (exact) mass is 630 g/mol. The van der Waals surface area contributed by atoms with Gasteiger partial charge in [0, 0.05) is 18.9 Å². The maximum atomic E-state index is 12.9. The number of methoxy groups -OCH3 is 2. The Labute approximate surface area is 266 Å². The van der Waals surface area contributed by atoms with Gasteiger partial charge in [0.2, 0.25) is 0 Å². The van der Waals surface area contributed by atoms with Gasteiger partial charge in [-0.3, -0.25) is 14.3 Å². The molecule has 0 aliphatic carbocycles. The zero-order valence-electron chi connectivity index (χ0n) is 25.7. The first-order valence-corrected chi connectivity index (χ1v) is 15.3. The molecule has 46 heavy (non-hydrogen) atoms. The number of aliphatic hydroxyl groups excluding tert-OH is 1. The third-order valence-electron chi connectivity index (χ3n) is 8.52. The molecule has 2 saturated heterocycles. The molecule has 2 N–H and O–H groups in total. The number of hydrogen-bond donors (Lipinski definition) is 2. The van der Waals surface area contributed by atoms with Gasteiger partial charge < -0.3 is 33.5 Å². The molecule has 3 heterocycles. The summed E-state index contributed by atoms with van der Waals surface area (Å²) in [6, 6.07) is 26.2. The maximum Gasteiger partial charge on any atom is 0.330 e. The number of rotatable bonds is 11. The van der Waals surface area contributed by atoms with Crippen molar-refractivity contribution in [1.82, 2.24) is 9.55 Å². The summed E-state index contributed by atoms with van der Waals surface area (Å²) in [6.45, 7) is 0.446. The number of nitrogens with one attached hydrogen (secondary N) is 1. The van der Waals surface area contributed by atoms with Crippen molar-refractivity contribution in [3.05, 3.63) is 129 Å². The van der Waals surface area contributed by atoms with E-state index in [-0.39, 0.29) is 6.61 Å². The van der Waals surface area contributed by atoms with Crippen molar-refractivity contribution in [3.8, 4) is 11.5 Å². The number of benzene rings is 3. The highest BCUT2D eigenvalue weighted by Gasteiger charge is 2.49. The Morgan fingerprint density at radius 3 is 2.07 bits per heavy atom. The van der Waals surface area contributed by atoms with Crippen LogP contribution in [0.25, 0.3) is 0 Å². The number of aliphatic hydroxyl groups is 1. The molecule has 0 radical (unpaired) electrons. The highest BCUT2D eigenvalue weighted by molar-refractivity contribution is 5.49. The van der Waals surface area contributed by atoms with Crippen LogP contribution in [0.5, 0.6) is 11.5 Å². The lowest BCUT2D eigenvalue weighted by Crippen LogP contribution is -2.43. The minimum absolute atomic E-state index is 0.0892. The number of hydrogen-bond acceptors (Lipinski definition) is 9. The summed E-state index contributed by atoms with van der Waals surface area (Å²) >= 11 is 0. The van der Waals surface area contributed by atoms with Crippen LogP contribution in [-0.4, -0.2) is 66.7 Å². The van der Waals surface area contributed by atoms with E-state index in [0.29, 0.717) is 24.5 Å². The van der Waals surface area contributed by atoms with Crippen LogP contribution in [0.4, 0.5) is 0 Å². The SMILES string of the molecule is COc1ccc(C(OCC2O[C@@H](n3ccc(=O)[nH]c3=O)[C@H](OC3CCCCO3)C2O)(c2ccccc2)c2ccc(OC)cc2)cc1. The molecule has 0 spiro atoms. The van der Waals surface area contributed by atoms with Gasteiger partial charge in [-0.25, -0.2) is 4.79 Å². The Bertz CT molecular complexity index is 1630. The van der Waals surface area contributed by atoms with Crippen molar-refractivity contribution >= 4 is 0 Å². The molecule has 242 valence electrons. The smallest absolute Gasteiger partial charge is 0.330 e. The summed E-state index contributed by atoms with van der Waals surface area (Å²) in [5.74, 6) is 1.38. The molecular weight excluding hydrogens is 592 g/mol. The van der Waals surface area contributed by atoms with E-state index < -0.39 is 47.7 Å². The van der Waals surface area contributed by atoms with Gasteiger partial charge in [0.1, 0.15) is 35.4 Å². The normalized spacial score (nSPS) is 23.2. The minimum atomic E-state index is -1.20. The van der Waals surface area contributed by atoms with E-state index in [2.05, 4.69) is 4.98 Å². The molecular formula is C35H38N2O9. The predicted molar refractivity (Wildman–Crippen MR) is 168 cm³/mol. The summed E-state index contributed by atoms with van der Waals surface area (Å²) in [6.07, 6.45) is -0.910. The zero-order chi connectivity index (χ0) is 32.1. The molecule has 6 rings (SSSR count). The Morgan fingerprint density at radius 1 is 0.870 bits per heavy atom. The number of H-pyrrole nitrogens is 1. The standard InChI is InChI=1S/C35H38N2O9/c1-41-26-15-11-24(12-16-26)35(23-8-4-3-5-9-23,25-13-17-27(42-2)18-14-25)44-22-28-31(39)32(46-30-10-6-7-21-43-30)33(45-28)37-20-19-29(38)36-34(37)40/h3-5,8-9,11-20,28,30-33,39H,6-7,10,21-22H2,1-2H3,(H,36,38,40)/t28?,30?,31?,32-,33-/m1/s1. The fourth-order valence-corrected chi connectivity index (χ4v) is 6.13. The molecule has 11 heteroatoms. The first kappa shape index (κ1) is 31.7. The molecule has 2 aliphatic rings. The van der Waals surface area contributed by atoms with Crippen LogP contribution in [0.15, 0.2) is 101 Å². The number of aromatic nitrogens is 2. The number of aromatic amines is 1. The van der Waals surface area contributed by atoms with E-state index in [1.807, 2.05) is 78.9 Å². The quantitative estimate of drug-likeness (QED) is 0.238. The van der Waals surface area contributed by atoms with E-state index in [0.717, 1.165) is 29.5 Å². The van der Waals surface area contributed by atoms with E-state index >= 15 is 0 Å². The van der Waals surface area contributed by atoms with Gasteiger partial charge in [0.05, 0.1) is 20.8 Å². The largest absolute Gasteiger partial charge is 0.497 e.